The van der Waals surface area contributed by atoms with E-state index in [4.69, 9.17) is 29.6 Å². The van der Waals surface area contributed by atoms with Crippen molar-refractivity contribution in [3.05, 3.63) is 16.4 Å². The lowest BCUT2D eigenvalue weighted by molar-refractivity contribution is 0.245. The monoisotopic (exact) mass is 274 g/mol. The number of rotatable bonds is 5. The molecular formula is C11H19ClN4S. The number of aryl methyl sites for hydroxylation is 2. The molecule has 0 aliphatic carbocycles. The number of aromatic nitrogens is 2. The van der Waals surface area contributed by atoms with Crippen molar-refractivity contribution in [2.75, 3.05) is 6.54 Å². The van der Waals surface area contributed by atoms with Crippen molar-refractivity contribution in [1.82, 2.24) is 14.7 Å². The zero-order valence-electron chi connectivity index (χ0n) is 10.7. The van der Waals surface area contributed by atoms with Gasteiger partial charge in [-0.15, -0.1) is 0 Å². The smallest absolute Gasteiger partial charge is 0.131 e. The van der Waals surface area contributed by atoms with Crippen LogP contribution in [0.3, 0.4) is 0 Å². The van der Waals surface area contributed by atoms with Gasteiger partial charge in [-0.05, 0) is 20.8 Å². The van der Waals surface area contributed by atoms with Gasteiger partial charge in [0.15, 0.2) is 0 Å². The van der Waals surface area contributed by atoms with Gasteiger partial charge in [0, 0.05) is 31.7 Å². The van der Waals surface area contributed by atoms with Gasteiger partial charge >= 0.3 is 0 Å². The van der Waals surface area contributed by atoms with Crippen LogP contribution in [0.4, 0.5) is 0 Å². The van der Waals surface area contributed by atoms with E-state index < -0.39 is 0 Å². The summed E-state index contributed by atoms with van der Waals surface area (Å²) in [5, 5.41) is 4.97. The molecule has 1 aromatic heterocycles. The summed E-state index contributed by atoms with van der Waals surface area (Å²) in [4.78, 5) is 2.68. The molecule has 17 heavy (non-hydrogen) atoms. The van der Waals surface area contributed by atoms with E-state index in [0.29, 0.717) is 29.3 Å². The minimum atomic E-state index is 0.354. The summed E-state index contributed by atoms with van der Waals surface area (Å²) >= 11 is 11.2. The van der Waals surface area contributed by atoms with Crippen molar-refractivity contribution >= 4 is 28.8 Å². The predicted molar refractivity (Wildman–Crippen MR) is 75.3 cm³/mol. The Morgan fingerprint density at radius 3 is 2.53 bits per heavy atom. The van der Waals surface area contributed by atoms with E-state index in [1.54, 1.807) is 4.68 Å². The van der Waals surface area contributed by atoms with E-state index in [2.05, 4.69) is 23.8 Å². The van der Waals surface area contributed by atoms with Crippen molar-refractivity contribution < 1.29 is 0 Å². The standard InChI is InChI=1S/C11H19ClN4S/c1-7(2)16(6-10(13)17)5-9-8(3)14-15(4)11(9)12/h7H,5-6H2,1-4H3,(H2,13,17). The molecule has 96 valence electrons. The third kappa shape index (κ3) is 3.66. The minimum absolute atomic E-state index is 0.354. The van der Waals surface area contributed by atoms with E-state index in [1.165, 1.54) is 0 Å². The molecule has 0 bridgehead atoms. The number of nitrogens with zero attached hydrogens (tertiary/aromatic N) is 3. The lowest BCUT2D eigenvalue weighted by Crippen LogP contribution is -2.37. The largest absolute Gasteiger partial charge is 0.392 e. The SMILES string of the molecule is Cc1nn(C)c(Cl)c1CN(CC(N)=S)C(C)C. The first-order valence-corrected chi connectivity index (χ1v) is 6.31. The lowest BCUT2D eigenvalue weighted by atomic mass is 10.2. The molecule has 2 N–H and O–H groups in total. The van der Waals surface area contributed by atoms with E-state index in [0.717, 1.165) is 11.3 Å². The van der Waals surface area contributed by atoms with Crippen molar-refractivity contribution in [1.29, 1.82) is 0 Å². The highest BCUT2D eigenvalue weighted by molar-refractivity contribution is 7.80. The number of hydrogen-bond donors (Lipinski definition) is 1. The van der Waals surface area contributed by atoms with Gasteiger partial charge < -0.3 is 5.73 Å². The second-order valence-corrected chi connectivity index (χ2v) is 5.33. The zero-order valence-corrected chi connectivity index (χ0v) is 12.3. The topological polar surface area (TPSA) is 47.1 Å². The minimum Gasteiger partial charge on any atom is -0.392 e. The van der Waals surface area contributed by atoms with Crippen LogP contribution in [0.5, 0.6) is 0 Å². The molecule has 0 saturated heterocycles. The van der Waals surface area contributed by atoms with Crippen LogP contribution >= 0.6 is 23.8 Å². The first kappa shape index (κ1) is 14.4. The second-order valence-electron chi connectivity index (χ2n) is 4.44. The van der Waals surface area contributed by atoms with Gasteiger partial charge in [-0.3, -0.25) is 9.58 Å². The van der Waals surface area contributed by atoms with Gasteiger partial charge in [-0.2, -0.15) is 5.10 Å². The quantitative estimate of drug-likeness (QED) is 0.833. The number of hydrogen-bond acceptors (Lipinski definition) is 3. The third-order valence-electron chi connectivity index (χ3n) is 2.72. The molecule has 4 nitrogen and oxygen atoms in total. The fourth-order valence-electron chi connectivity index (χ4n) is 1.68. The summed E-state index contributed by atoms with van der Waals surface area (Å²) in [6.07, 6.45) is 0. The summed E-state index contributed by atoms with van der Waals surface area (Å²) in [7, 11) is 1.84. The number of nitrogens with two attached hydrogens (primary N) is 1. The molecule has 0 aliphatic heterocycles. The van der Waals surface area contributed by atoms with Gasteiger partial charge in [0.2, 0.25) is 0 Å². The van der Waals surface area contributed by atoms with Crippen LogP contribution in [-0.2, 0) is 13.6 Å². The number of halogens is 1. The maximum absolute atomic E-state index is 6.21. The molecular weight excluding hydrogens is 256 g/mol. The second kappa shape index (κ2) is 5.80. The van der Waals surface area contributed by atoms with Crippen molar-refractivity contribution in [2.45, 2.75) is 33.4 Å². The van der Waals surface area contributed by atoms with Gasteiger partial charge in [0.1, 0.15) is 5.15 Å². The Morgan fingerprint density at radius 2 is 2.18 bits per heavy atom. The molecule has 1 heterocycles. The summed E-state index contributed by atoms with van der Waals surface area (Å²) < 4.78 is 1.69. The van der Waals surface area contributed by atoms with Crippen LogP contribution in [0.25, 0.3) is 0 Å². The highest BCUT2D eigenvalue weighted by atomic mass is 35.5. The third-order valence-corrected chi connectivity index (χ3v) is 3.32. The van der Waals surface area contributed by atoms with Crippen molar-refractivity contribution in [2.24, 2.45) is 12.8 Å². The summed E-state index contributed by atoms with van der Waals surface area (Å²) in [6.45, 7) is 7.49. The van der Waals surface area contributed by atoms with Crippen LogP contribution < -0.4 is 5.73 Å². The molecule has 0 aliphatic rings. The molecule has 0 atom stereocenters. The average Bonchev–Trinajstić information content (AvgIpc) is 2.43. The molecule has 0 spiro atoms. The summed E-state index contributed by atoms with van der Waals surface area (Å²) in [5.74, 6) is 0. The van der Waals surface area contributed by atoms with Crippen LogP contribution in [0, 0.1) is 6.92 Å². The van der Waals surface area contributed by atoms with Crippen LogP contribution in [-0.4, -0.2) is 32.3 Å². The fraction of sp³-hybridized carbons (Fsp3) is 0.636. The Bertz CT molecular complexity index is 414. The first-order valence-electron chi connectivity index (χ1n) is 5.53. The van der Waals surface area contributed by atoms with Gasteiger partial charge in [-0.25, -0.2) is 0 Å². The Morgan fingerprint density at radius 1 is 1.59 bits per heavy atom. The molecule has 0 unspecified atom stereocenters. The molecule has 0 radical (unpaired) electrons. The van der Waals surface area contributed by atoms with E-state index >= 15 is 0 Å². The fourth-order valence-corrected chi connectivity index (χ4v) is 2.08. The van der Waals surface area contributed by atoms with Crippen LogP contribution in [0.2, 0.25) is 5.15 Å². The van der Waals surface area contributed by atoms with Crippen LogP contribution in [0.1, 0.15) is 25.1 Å². The Labute approximate surface area is 113 Å². The highest BCUT2D eigenvalue weighted by Crippen LogP contribution is 2.21. The molecule has 1 aromatic rings. The zero-order chi connectivity index (χ0) is 13.2. The maximum atomic E-state index is 6.21. The Balaban J connectivity index is 2.89. The summed E-state index contributed by atoms with van der Waals surface area (Å²) in [6, 6.07) is 0.354. The predicted octanol–water partition coefficient (Wildman–Crippen LogP) is 1.88. The molecule has 0 amide bonds. The van der Waals surface area contributed by atoms with Gasteiger partial charge in [0.05, 0.1) is 10.7 Å². The molecule has 6 heteroatoms. The molecule has 0 aromatic carbocycles. The van der Waals surface area contributed by atoms with Gasteiger partial charge in [-0.1, -0.05) is 23.8 Å². The Kier molecular flexibility index (Phi) is 4.91. The molecule has 1 rings (SSSR count). The summed E-state index contributed by atoms with van der Waals surface area (Å²) in [5.41, 5.74) is 7.59. The Hall–Kier alpha value is -0.650. The van der Waals surface area contributed by atoms with E-state index in [1.807, 2.05) is 14.0 Å². The first-order chi connectivity index (χ1) is 7.82. The van der Waals surface area contributed by atoms with Gasteiger partial charge in [0.25, 0.3) is 0 Å². The normalized spacial score (nSPS) is 11.5. The van der Waals surface area contributed by atoms with Crippen molar-refractivity contribution in [3.8, 4) is 0 Å². The van der Waals surface area contributed by atoms with Crippen molar-refractivity contribution in [3.63, 3.8) is 0 Å². The van der Waals surface area contributed by atoms with E-state index in [9.17, 15) is 0 Å². The van der Waals surface area contributed by atoms with Crippen LogP contribution in [0.15, 0.2) is 0 Å². The van der Waals surface area contributed by atoms with E-state index in [-0.39, 0.29) is 0 Å². The molecule has 0 saturated carbocycles. The number of thiocarbonyl (C=S) groups is 1. The average molecular weight is 275 g/mol. The lowest BCUT2D eigenvalue weighted by Gasteiger charge is -2.25. The maximum Gasteiger partial charge on any atom is 0.131 e. The highest BCUT2D eigenvalue weighted by Gasteiger charge is 2.17. The molecule has 0 fully saturated rings.